The molecule has 4 rings (SSSR count). The van der Waals surface area contributed by atoms with Gasteiger partial charge in [0.05, 0.1) is 0 Å². The highest BCUT2D eigenvalue weighted by Crippen LogP contribution is 2.37. The third kappa shape index (κ3) is 5.59. The van der Waals surface area contributed by atoms with Gasteiger partial charge in [-0.2, -0.15) is 0 Å². The van der Waals surface area contributed by atoms with Gasteiger partial charge in [0.25, 0.3) is 10.0 Å². The summed E-state index contributed by atoms with van der Waals surface area (Å²) in [5.41, 5.74) is 2.08. The molecule has 0 radical (unpaired) electrons. The van der Waals surface area contributed by atoms with Crippen LogP contribution in [0.1, 0.15) is 10.8 Å². The first-order chi connectivity index (χ1) is 15.5. The fraction of sp³-hybridized carbons (Fsp3) is 0.0417. The van der Waals surface area contributed by atoms with Crippen molar-refractivity contribution < 1.29 is 13.2 Å². The van der Waals surface area contributed by atoms with Crippen LogP contribution >= 0.6 is 23.1 Å². The Morgan fingerprint density at radius 3 is 2.06 bits per heavy atom. The Labute approximate surface area is 195 Å². The smallest absolute Gasteiger partial charge is 0.271 e. The van der Waals surface area contributed by atoms with Crippen molar-refractivity contribution in [2.75, 3.05) is 10.0 Å². The van der Waals surface area contributed by atoms with Gasteiger partial charge < -0.3 is 5.32 Å². The highest BCUT2D eigenvalue weighted by Gasteiger charge is 2.22. The van der Waals surface area contributed by atoms with Crippen molar-refractivity contribution in [1.29, 1.82) is 0 Å². The third-order valence-electron chi connectivity index (χ3n) is 4.50. The molecule has 0 saturated carbocycles. The van der Waals surface area contributed by atoms with E-state index in [1.807, 2.05) is 72.8 Å². The Balaban J connectivity index is 1.51. The van der Waals surface area contributed by atoms with Crippen LogP contribution < -0.4 is 10.0 Å². The summed E-state index contributed by atoms with van der Waals surface area (Å²) in [5.74, 6) is -0.130. The number of anilines is 2. The molecule has 0 spiro atoms. The standard InChI is InChI=1S/C24H20N2O3S3/c27-24(25-19-10-5-2-6-11-19)23(18-8-3-1-4-9-18)31-21-15-13-20(14-16-21)26-32(28,29)22-12-7-17-30-22/h1-17,23,26H,(H,25,27). The van der Waals surface area contributed by atoms with Gasteiger partial charge in [-0.3, -0.25) is 9.52 Å². The lowest BCUT2D eigenvalue weighted by Gasteiger charge is -2.17. The van der Waals surface area contributed by atoms with Crippen molar-refractivity contribution in [3.8, 4) is 0 Å². The fourth-order valence-corrected chi connectivity index (χ4v) is 6.07. The highest BCUT2D eigenvalue weighted by atomic mass is 32.2. The van der Waals surface area contributed by atoms with E-state index < -0.39 is 15.3 Å². The molecule has 0 saturated heterocycles. The molecular weight excluding hydrogens is 460 g/mol. The van der Waals surface area contributed by atoms with E-state index in [0.717, 1.165) is 27.5 Å². The van der Waals surface area contributed by atoms with Crippen LogP contribution in [0.3, 0.4) is 0 Å². The number of thioether (sulfide) groups is 1. The summed E-state index contributed by atoms with van der Waals surface area (Å²) in [7, 11) is -3.60. The molecule has 1 aromatic heterocycles. The average molecular weight is 481 g/mol. The number of rotatable bonds is 8. The van der Waals surface area contributed by atoms with E-state index in [4.69, 9.17) is 0 Å². The van der Waals surface area contributed by atoms with Gasteiger partial charge in [-0.15, -0.1) is 23.1 Å². The van der Waals surface area contributed by atoms with E-state index in [0.29, 0.717) is 5.69 Å². The van der Waals surface area contributed by atoms with Gasteiger partial charge in [0, 0.05) is 16.3 Å². The number of para-hydroxylation sites is 1. The number of nitrogens with one attached hydrogen (secondary N) is 2. The van der Waals surface area contributed by atoms with Gasteiger partial charge in [0.2, 0.25) is 5.91 Å². The summed E-state index contributed by atoms with van der Waals surface area (Å²) in [6.45, 7) is 0. The Bertz CT molecular complexity index is 1260. The number of carbonyl (C=O) groups excluding carboxylic acids is 1. The van der Waals surface area contributed by atoms with Gasteiger partial charge >= 0.3 is 0 Å². The zero-order valence-corrected chi connectivity index (χ0v) is 19.3. The number of sulfonamides is 1. The van der Waals surface area contributed by atoms with Gasteiger partial charge in [-0.25, -0.2) is 8.42 Å². The van der Waals surface area contributed by atoms with Crippen LogP contribution in [0.15, 0.2) is 112 Å². The highest BCUT2D eigenvalue weighted by molar-refractivity contribution is 8.00. The molecule has 1 unspecified atom stereocenters. The quantitative estimate of drug-likeness (QED) is 0.302. The second-order valence-corrected chi connectivity index (χ2v) is 10.9. The van der Waals surface area contributed by atoms with E-state index in [9.17, 15) is 13.2 Å². The number of carbonyl (C=O) groups is 1. The summed E-state index contributed by atoms with van der Waals surface area (Å²) in [6.07, 6.45) is 0. The SMILES string of the molecule is O=C(Nc1ccccc1)C(Sc1ccc(NS(=O)(=O)c2cccs2)cc1)c1ccccc1. The van der Waals surface area contributed by atoms with Crippen molar-refractivity contribution in [3.05, 3.63) is 108 Å². The Hall–Kier alpha value is -3.07. The first-order valence-electron chi connectivity index (χ1n) is 9.75. The van der Waals surface area contributed by atoms with Crippen LogP contribution in [0.2, 0.25) is 0 Å². The largest absolute Gasteiger partial charge is 0.325 e. The molecular formula is C24H20N2O3S3. The minimum Gasteiger partial charge on any atom is -0.325 e. The van der Waals surface area contributed by atoms with E-state index in [1.54, 1.807) is 29.6 Å². The first-order valence-corrected chi connectivity index (χ1v) is 13.0. The minimum absolute atomic E-state index is 0.130. The lowest BCUT2D eigenvalue weighted by atomic mass is 10.1. The maximum atomic E-state index is 13.1. The van der Waals surface area contributed by atoms with Crippen molar-refractivity contribution in [3.63, 3.8) is 0 Å². The molecule has 0 aliphatic carbocycles. The summed E-state index contributed by atoms with van der Waals surface area (Å²) < 4.78 is 27.7. The summed E-state index contributed by atoms with van der Waals surface area (Å²) in [5, 5.41) is 4.22. The van der Waals surface area contributed by atoms with Crippen LogP contribution in [-0.4, -0.2) is 14.3 Å². The molecule has 1 amide bonds. The first kappa shape index (κ1) is 22.1. The topological polar surface area (TPSA) is 75.3 Å². The molecule has 3 aromatic carbocycles. The Morgan fingerprint density at radius 2 is 1.44 bits per heavy atom. The van der Waals surface area contributed by atoms with Crippen LogP contribution in [0, 0.1) is 0 Å². The van der Waals surface area contributed by atoms with E-state index in [1.165, 1.54) is 11.8 Å². The molecule has 4 aromatic rings. The second kappa shape index (κ2) is 10.0. The molecule has 2 N–H and O–H groups in total. The van der Waals surface area contributed by atoms with E-state index >= 15 is 0 Å². The third-order valence-corrected chi connectivity index (χ3v) is 8.55. The Kier molecular flexibility index (Phi) is 6.94. The molecule has 0 bridgehead atoms. The molecule has 0 fully saturated rings. The zero-order valence-electron chi connectivity index (χ0n) is 16.8. The van der Waals surface area contributed by atoms with Gasteiger partial charge in [-0.05, 0) is 53.4 Å². The van der Waals surface area contributed by atoms with Gasteiger partial charge in [0.15, 0.2) is 0 Å². The maximum Gasteiger partial charge on any atom is 0.271 e. The molecule has 1 atom stereocenters. The van der Waals surface area contributed by atoms with Gasteiger partial charge in [0.1, 0.15) is 9.46 Å². The van der Waals surface area contributed by atoms with Crippen LogP contribution in [-0.2, 0) is 14.8 Å². The summed E-state index contributed by atoms with van der Waals surface area (Å²) in [4.78, 5) is 13.9. The number of hydrogen-bond donors (Lipinski definition) is 2. The lowest BCUT2D eigenvalue weighted by molar-refractivity contribution is -0.115. The van der Waals surface area contributed by atoms with Crippen LogP contribution in [0.5, 0.6) is 0 Å². The summed E-state index contributed by atoms with van der Waals surface area (Å²) in [6, 6.07) is 29.2. The number of benzene rings is 3. The van der Waals surface area contributed by atoms with Crippen molar-refractivity contribution in [2.45, 2.75) is 14.4 Å². The average Bonchev–Trinajstić information content (AvgIpc) is 3.36. The van der Waals surface area contributed by atoms with E-state index in [-0.39, 0.29) is 10.1 Å². The maximum absolute atomic E-state index is 13.1. The molecule has 5 nitrogen and oxygen atoms in total. The normalized spacial score (nSPS) is 12.1. The summed E-state index contributed by atoms with van der Waals surface area (Å²) >= 11 is 2.57. The minimum atomic E-state index is -3.60. The number of hydrogen-bond acceptors (Lipinski definition) is 5. The van der Waals surface area contributed by atoms with Crippen molar-refractivity contribution >= 4 is 50.4 Å². The van der Waals surface area contributed by atoms with Crippen LogP contribution in [0.4, 0.5) is 11.4 Å². The van der Waals surface area contributed by atoms with Gasteiger partial charge in [-0.1, -0.05) is 54.6 Å². The predicted molar refractivity (Wildman–Crippen MR) is 132 cm³/mol. The lowest BCUT2D eigenvalue weighted by Crippen LogP contribution is -2.19. The zero-order chi connectivity index (χ0) is 22.4. The molecule has 162 valence electrons. The second-order valence-electron chi connectivity index (χ2n) is 6.83. The van der Waals surface area contributed by atoms with Crippen LogP contribution in [0.25, 0.3) is 0 Å². The molecule has 0 aliphatic rings. The number of thiophene rings is 1. The monoisotopic (exact) mass is 480 g/mol. The number of amides is 1. The molecule has 8 heteroatoms. The molecule has 32 heavy (non-hydrogen) atoms. The van der Waals surface area contributed by atoms with Crippen molar-refractivity contribution in [1.82, 2.24) is 0 Å². The molecule has 0 aliphatic heterocycles. The van der Waals surface area contributed by atoms with Crippen molar-refractivity contribution in [2.24, 2.45) is 0 Å². The van der Waals surface area contributed by atoms with E-state index in [2.05, 4.69) is 10.0 Å². The predicted octanol–water partition coefficient (Wildman–Crippen LogP) is 6.02. The molecule has 1 heterocycles. The fourth-order valence-electron chi connectivity index (χ4n) is 2.99. The Morgan fingerprint density at radius 1 is 0.781 bits per heavy atom.